The van der Waals surface area contributed by atoms with Gasteiger partial charge in [-0.15, -0.1) is 5.10 Å². The topological polar surface area (TPSA) is 63.1 Å². The molecular formula is C23H25N5O. The number of carbonyl (C=O) groups excluding carboxylic acids is 1. The molecule has 0 bridgehead atoms. The molecule has 0 radical (unpaired) electrons. The summed E-state index contributed by atoms with van der Waals surface area (Å²) in [7, 11) is 0. The van der Waals surface area contributed by atoms with E-state index in [1.54, 1.807) is 0 Å². The van der Waals surface area contributed by atoms with Gasteiger partial charge >= 0.3 is 0 Å². The first-order valence-corrected chi connectivity index (χ1v) is 10.4. The van der Waals surface area contributed by atoms with Crippen LogP contribution in [0.1, 0.15) is 48.0 Å². The van der Waals surface area contributed by atoms with Gasteiger partial charge in [-0.1, -0.05) is 36.4 Å². The molecule has 2 aromatic carbocycles. The molecule has 1 aliphatic heterocycles. The maximum Gasteiger partial charge on any atom is 0.291 e. The van der Waals surface area contributed by atoms with Crippen molar-refractivity contribution in [2.75, 3.05) is 18.0 Å². The second kappa shape index (κ2) is 7.70. The summed E-state index contributed by atoms with van der Waals surface area (Å²) in [5, 5.41) is 7.73. The number of hydrogen-bond acceptors (Lipinski definition) is 4. The van der Waals surface area contributed by atoms with E-state index in [1.807, 2.05) is 41.1 Å². The lowest BCUT2D eigenvalue weighted by Crippen LogP contribution is -2.48. The number of nitrogens with zero attached hydrogens (tertiary/aromatic N) is 4. The van der Waals surface area contributed by atoms with Crippen molar-refractivity contribution < 1.29 is 4.79 Å². The van der Waals surface area contributed by atoms with E-state index in [-0.39, 0.29) is 17.8 Å². The molecule has 2 heterocycles. The standard InChI is InChI=1S/C23H25N5O/c29-23(24-18-8-7-15-27(16-18)19-9-3-1-4-10-19)21-25-22(17-13-14-17)28(26-21)20-11-5-2-6-12-20/h1-6,9-12,17-18H,7-8,13-16H2,(H,24,29). The Morgan fingerprint density at radius 3 is 2.31 bits per heavy atom. The molecule has 6 nitrogen and oxygen atoms in total. The van der Waals surface area contributed by atoms with Crippen molar-refractivity contribution in [3.05, 3.63) is 72.3 Å². The number of para-hydroxylation sites is 2. The van der Waals surface area contributed by atoms with Crippen molar-refractivity contribution >= 4 is 11.6 Å². The van der Waals surface area contributed by atoms with E-state index in [1.165, 1.54) is 5.69 Å². The Labute approximate surface area is 170 Å². The van der Waals surface area contributed by atoms with Gasteiger partial charge in [0.15, 0.2) is 0 Å². The smallest absolute Gasteiger partial charge is 0.291 e. The molecule has 3 aromatic rings. The van der Waals surface area contributed by atoms with Gasteiger partial charge in [-0.05, 0) is 49.9 Å². The molecule has 1 N–H and O–H groups in total. The highest BCUT2D eigenvalue weighted by molar-refractivity contribution is 5.90. The summed E-state index contributed by atoms with van der Waals surface area (Å²) in [6.45, 7) is 1.83. The van der Waals surface area contributed by atoms with Gasteiger partial charge in [-0.3, -0.25) is 4.79 Å². The molecular weight excluding hydrogens is 362 g/mol. The van der Waals surface area contributed by atoms with E-state index in [2.05, 4.69) is 44.6 Å². The summed E-state index contributed by atoms with van der Waals surface area (Å²) in [5.74, 6) is 1.40. The van der Waals surface area contributed by atoms with Gasteiger partial charge in [0.05, 0.1) is 5.69 Å². The third-order valence-corrected chi connectivity index (χ3v) is 5.66. The number of piperidine rings is 1. The van der Waals surface area contributed by atoms with Crippen LogP contribution in [0.3, 0.4) is 0 Å². The van der Waals surface area contributed by atoms with Gasteiger partial charge in [0.1, 0.15) is 5.82 Å². The molecule has 148 valence electrons. The van der Waals surface area contributed by atoms with Crippen molar-refractivity contribution in [1.29, 1.82) is 0 Å². The van der Waals surface area contributed by atoms with Gasteiger partial charge in [-0.2, -0.15) is 0 Å². The monoisotopic (exact) mass is 387 g/mol. The number of carbonyl (C=O) groups is 1. The van der Waals surface area contributed by atoms with Crippen LogP contribution in [-0.2, 0) is 0 Å². The fourth-order valence-corrected chi connectivity index (χ4v) is 4.00. The van der Waals surface area contributed by atoms with Crippen LogP contribution in [0.4, 0.5) is 5.69 Å². The van der Waals surface area contributed by atoms with Gasteiger partial charge in [0.2, 0.25) is 5.82 Å². The number of nitrogens with one attached hydrogen (secondary N) is 1. The predicted molar refractivity (Wildman–Crippen MR) is 112 cm³/mol. The quantitative estimate of drug-likeness (QED) is 0.727. The second-order valence-corrected chi connectivity index (χ2v) is 7.91. The first-order chi connectivity index (χ1) is 14.3. The zero-order chi connectivity index (χ0) is 19.6. The van der Waals surface area contributed by atoms with E-state index >= 15 is 0 Å². The van der Waals surface area contributed by atoms with E-state index in [9.17, 15) is 4.79 Å². The van der Waals surface area contributed by atoms with Crippen LogP contribution in [0, 0.1) is 0 Å². The first kappa shape index (κ1) is 17.9. The molecule has 1 atom stereocenters. The molecule has 29 heavy (non-hydrogen) atoms. The highest BCUT2D eigenvalue weighted by atomic mass is 16.2. The van der Waals surface area contributed by atoms with E-state index < -0.39 is 0 Å². The van der Waals surface area contributed by atoms with Gasteiger partial charge in [-0.25, -0.2) is 9.67 Å². The van der Waals surface area contributed by atoms with Crippen LogP contribution in [0.15, 0.2) is 60.7 Å². The summed E-state index contributed by atoms with van der Waals surface area (Å²) in [6.07, 6.45) is 4.26. The van der Waals surface area contributed by atoms with Crippen LogP contribution in [0.5, 0.6) is 0 Å². The highest BCUT2D eigenvalue weighted by Crippen LogP contribution is 2.39. The Morgan fingerprint density at radius 1 is 0.931 bits per heavy atom. The SMILES string of the molecule is O=C(NC1CCCN(c2ccccc2)C1)c1nc(C2CC2)n(-c2ccccc2)n1. The van der Waals surface area contributed by atoms with Crippen LogP contribution in [0.2, 0.25) is 0 Å². The molecule has 1 aliphatic carbocycles. The minimum absolute atomic E-state index is 0.101. The predicted octanol–water partition coefficient (Wildman–Crippen LogP) is 3.54. The van der Waals surface area contributed by atoms with Crippen molar-refractivity contribution in [3.63, 3.8) is 0 Å². The number of amides is 1. The van der Waals surface area contributed by atoms with Crippen molar-refractivity contribution in [3.8, 4) is 5.69 Å². The number of hydrogen-bond donors (Lipinski definition) is 1. The Kier molecular flexibility index (Phi) is 4.76. The zero-order valence-corrected chi connectivity index (χ0v) is 16.4. The Morgan fingerprint density at radius 2 is 1.62 bits per heavy atom. The third-order valence-electron chi connectivity index (χ3n) is 5.66. The molecule has 5 rings (SSSR count). The molecule has 2 aliphatic rings. The lowest BCUT2D eigenvalue weighted by Gasteiger charge is -2.34. The fraction of sp³-hybridized carbons (Fsp3) is 0.348. The van der Waals surface area contributed by atoms with E-state index in [0.29, 0.717) is 5.92 Å². The lowest BCUT2D eigenvalue weighted by molar-refractivity contribution is 0.0922. The average molecular weight is 387 g/mol. The summed E-state index contributed by atoms with van der Waals surface area (Å²) in [6, 6.07) is 20.4. The summed E-state index contributed by atoms with van der Waals surface area (Å²) >= 11 is 0. The van der Waals surface area contributed by atoms with Crippen molar-refractivity contribution in [2.24, 2.45) is 0 Å². The second-order valence-electron chi connectivity index (χ2n) is 7.91. The van der Waals surface area contributed by atoms with Crippen LogP contribution in [-0.4, -0.2) is 39.8 Å². The molecule has 2 fully saturated rings. The Bertz CT molecular complexity index is 981. The van der Waals surface area contributed by atoms with Gasteiger partial charge in [0, 0.05) is 30.7 Å². The normalized spacial score (nSPS) is 19.2. The molecule has 6 heteroatoms. The van der Waals surface area contributed by atoms with Crippen molar-refractivity contribution in [1.82, 2.24) is 20.1 Å². The average Bonchev–Trinajstić information content (AvgIpc) is 3.53. The number of benzene rings is 2. The van der Waals surface area contributed by atoms with Crippen LogP contribution in [0.25, 0.3) is 5.69 Å². The third kappa shape index (κ3) is 3.88. The Hall–Kier alpha value is -3.15. The minimum atomic E-state index is -0.179. The van der Waals surface area contributed by atoms with Crippen molar-refractivity contribution in [2.45, 2.75) is 37.6 Å². The molecule has 1 saturated heterocycles. The van der Waals surface area contributed by atoms with Gasteiger partial charge in [0.25, 0.3) is 5.91 Å². The lowest BCUT2D eigenvalue weighted by atomic mass is 10.0. The number of aromatic nitrogens is 3. The molecule has 1 saturated carbocycles. The van der Waals surface area contributed by atoms with Crippen LogP contribution >= 0.6 is 0 Å². The maximum absolute atomic E-state index is 12.9. The molecule has 1 unspecified atom stereocenters. The van der Waals surface area contributed by atoms with E-state index in [0.717, 1.165) is 50.3 Å². The first-order valence-electron chi connectivity index (χ1n) is 10.4. The summed E-state index contributed by atoms with van der Waals surface area (Å²) in [4.78, 5) is 19.9. The summed E-state index contributed by atoms with van der Waals surface area (Å²) in [5.41, 5.74) is 2.16. The molecule has 0 spiro atoms. The number of rotatable bonds is 5. The Balaban J connectivity index is 1.32. The fourth-order valence-electron chi connectivity index (χ4n) is 4.00. The summed E-state index contributed by atoms with van der Waals surface area (Å²) < 4.78 is 1.84. The zero-order valence-electron chi connectivity index (χ0n) is 16.4. The maximum atomic E-state index is 12.9. The van der Waals surface area contributed by atoms with Crippen LogP contribution < -0.4 is 10.2 Å². The minimum Gasteiger partial charge on any atom is -0.369 e. The van der Waals surface area contributed by atoms with E-state index in [4.69, 9.17) is 0 Å². The van der Waals surface area contributed by atoms with Gasteiger partial charge < -0.3 is 10.2 Å². The molecule has 1 aromatic heterocycles. The number of anilines is 1. The molecule has 1 amide bonds. The largest absolute Gasteiger partial charge is 0.369 e. The highest BCUT2D eigenvalue weighted by Gasteiger charge is 2.32.